The molecule has 0 bridgehead atoms. The van der Waals surface area contributed by atoms with Crippen LogP contribution in [0.4, 0.5) is 11.6 Å². The minimum Gasteiger partial charge on any atom is -0.401 e. The molecule has 0 radical (unpaired) electrons. The van der Waals surface area contributed by atoms with Crippen LogP contribution in [0.25, 0.3) is 6.08 Å². The number of carbonyl (C=O) groups excluding carboxylic acids is 1. The van der Waals surface area contributed by atoms with Crippen molar-refractivity contribution in [2.24, 2.45) is 0 Å². The Balaban J connectivity index is 2.02. The maximum atomic E-state index is 11.7. The van der Waals surface area contributed by atoms with Crippen LogP contribution in [-0.2, 0) is 4.79 Å². The van der Waals surface area contributed by atoms with Crippen molar-refractivity contribution in [3.63, 3.8) is 0 Å². The Bertz CT molecular complexity index is 679. The molecular formula is C13H9IN2O4. The molecule has 1 heterocycles. The number of nitrogens with one attached hydrogen (secondary N) is 1. The molecule has 7 heteroatoms. The van der Waals surface area contributed by atoms with Gasteiger partial charge < -0.3 is 9.73 Å². The van der Waals surface area contributed by atoms with Gasteiger partial charge in [-0.05, 0) is 46.9 Å². The summed E-state index contributed by atoms with van der Waals surface area (Å²) in [7, 11) is 0. The number of hydrogen-bond donors (Lipinski definition) is 1. The Morgan fingerprint density at radius 1 is 1.30 bits per heavy atom. The molecule has 1 amide bonds. The number of amides is 1. The monoisotopic (exact) mass is 384 g/mol. The Kier molecular flexibility index (Phi) is 4.51. The van der Waals surface area contributed by atoms with Gasteiger partial charge in [-0.1, -0.05) is 12.1 Å². The van der Waals surface area contributed by atoms with E-state index in [0.717, 1.165) is 3.57 Å². The summed E-state index contributed by atoms with van der Waals surface area (Å²) in [6.45, 7) is 0. The van der Waals surface area contributed by atoms with Crippen molar-refractivity contribution in [3.8, 4) is 0 Å². The number of benzene rings is 1. The van der Waals surface area contributed by atoms with Crippen LogP contribution in [0.2, 0.25) is 0 Å². The quantitative estimate of drug-likeness (QED) is 0.379. The highest BCUT2D eigenvalue weighted by atomic mass is 127. The lowest BCUT2D eigenvalue weighted by atomic mass is 10.3. The van der Waals surface area contributed by atoms with Crippen molar-refractivity contribution in [2.45, 2.75) is 0 Å². The fourth-order valence-corrected chi connectivity index (χ4v) is 1.95. The first-order chi connectivity index (χ1) is 9.56. The lowest BCUT2D eigenvalue weighted by molar-refractivity contribution is -0.402. The van der Waals surface area contributed by atoms with Crippen LogP contribution in [0.1, 0.15) is 5.76 Å². The highest BCUT2D eigenvalue weighted by Gasteiger charge is 2.10. The lowest BCUT2D eigenvalue weighted by Gasteiger charge is -2.03. The number of rotatable bonds is 4. The predicted octanol–water partition coefficient (Wildman–Crippen LogP) is 3.44. The van der Waals surface area contributed by atoms with Crippen LogP contribution >= 0.6 is 22.6 Å². The number of anilines is 1. The molecule has 1 N–H and O–H groups in total. The van der Waals surface area contributed by atoms with Gasteiger partial charge in [-0.3, -0.25) is 14.9 Å². The summed E-state index contributed by atoms with van der Waals surface area (Å²) in [6.07, 6.45) is 2.63. The second kappa shape index (κ2) is 6.33. The lowest BCUT2D eigenvalue weighted by Crippen LogP contribution is -2.08. The molecule has 6 nitrogen and oxygen atoms in total. The zero-order chi connectivity index (χ0) is 14.5. The summed E-state index contributed by atoms with van der Waals surface area (Å²) in [5.41, 5.74) is 0.702. The molecule has 0 atom stereocenters. The normalized spacial score (nSPS) is 10.7. The highest BCUT2D eigenvalue weighted by Crippen LogP contribution is 2.18. The number of nitrogens with zero attached hydrogens (tertiary/aromatic N) is 1. The van der Waals surface area contributed by atoms with E-state index in [1.807, 2.05) is 18.2 Å². The van der Waals surface area contributed by atoms with Crippen molar-refractivity contribution in [1.82, 2.24) is 0 Å². The second-order valence-electron chi connectivity index (χ2n) is 3.74. The fourth-order valence-electron chi connectivity index (χ4n) is 1.42. The van der Waals surface area contributed by atoms with E-state index < -0.39 is 4.92 Å². The van der Waals surface area contributed by atoms with E-state index in [9.17, 15) is 14.9 Å². The molecule has 0 saturated carbocycles. The Morgan fingerprint density at radius 3 is 2.70 bits per heavy atom. The molecule has 2 aromatic rings. The molecule has 0 aliphatic heterocycles. The third kappa shape index (κ3) is 3.67. The topological polar surface area (TPSA) is 85.4 Å². The average Bonchev–Trinajstić information content (AvgIpc) is 2.88. The van der Waals surface area contributed by atoms with E-state index in [-0.39, 0.29) is 17.6 Å². The maximum absolute atomic E-state index is 11.7. The van der Waals surface area contributed by atoms with Crippen molar-refractivity contribution < 1.29 is 14.1 Å². The molecule has 1 aromatic carbocycles. The standard InChI is InChI=1S/C13H9IN2O4/c14-10-3-1-2-4-11(10)15-12(17)7-5-9-6-8-13(20-9)16(18)19/h1-8H,(H,15,17)/b7-5+. The van der Waals surface area contributed by atoms with Gasteiger partial charge in [0, 0.05) is 9.65 Å². The van der Waals surface area contributed by atoms with E-state index in [2.05, 4.69) is 27.9 Å². The number of hydrogen-bond acceptors (Lipinski definition) is 4. The second-order valence-corrected chi connectivity index (χ2v) is 4.90. The molecule has 0 spiro atoms. The smallest absolute Gasteiger partial charge is 0.401 e. The molecule has 1 aromatic heterocycles. The van der Waals surface area contributed by atoms with Gasteiger partial charge in [-0.2, -0.15) is 0 Å². The van der Waals surface area contributed by atoms with Crippen LogP contribution in [0.5, 0.6) is 0 Å². The van der Waals surface area contributed by atoms with Gasteiger partial charge in [-0.15, -0.1) is 0 Å². The summed E-state index contributed by atoms with van der Waals surface area (Å²) in [4.78, 5) is 21.5. The number of para-hydroxylation sites is 1. The Labute approximate surface area is 127 Å². The number of halogens is 1. The number of furan rings is 1. The molecule has 0 aliphatic carbocycles. The third-order valence-corrected chi connectivity index (χ3v) is 3.26. The SMILES string of the molecule is O=C(/C=C/c1ccc([N+](=O)[O-])o1)Nc1ccccc1I. The molecule has 0 fully saturated rings. The van der Waals surface area contributed by atoms with Gasteiger partial charge in [0.15, 0.2) is 0 Å². The molecule has 0 unspecified atom stereocenters. The van der Waals surface area contributed by atoms with Crippen LogP contribution in [-0.4, -0.2) is 10.8 Å². The van der Waals surface area contributed by atoms with E-state index in [1.54, 1.807) is 6.07 Å². The van der Waals surface area contributed by atoms with Crippen molar-refractivity contribution in [1.29, 1.82) is 0 Å². The van der Waals surface area contributed by atoms with Crippen molar-refractivity contribution >= 4 is 46.1 Å². The minimum absolute atomic E-state index is 0.245. The highest BCUT2D eigenvalue weighted by molar-refractivity contribution is 14.1. The molecular weight excluding hydrogens is 375 g/mol. The van der Waals surface area contributed by atoms with E-state index in [1.165, 1.54) is 24.3 Å². The molecule has 20 heavy (non-hydrogen) atoms. The predicted molar refractivity (Wildman–Crippen MR) is 82.2 cm³/mol. The van der Waals surface area contributed by atoms with Crippen molar-refractivity contribution in [3.05, 3.63) is 61.9 Å². The van der Waals surface area contributed by atoms with Gasteiger partial charge in [0.1, 0.15) is 10.7 Å². The minimum atomic E-state index is -0.635. The number of carbonyl (C=O) groups is 1. The van der Waals surface area contributed by atoms with Gasteiger partial charge in [0.05, 0.1) is 11.8 Å². The summed E-state index contributed by atoms with van der Waals surface area (Å²) in [5.74, 6) is -0.453. The zero-order valence-electron chi connectivity index (χ0n) is 10.1. The van der Waals surface area contributed by atoms with Gasteiger partial charge >= 0.3 is 5.88 Å². The van der Waals surface area contributed by atoms with Gasteiger partial charge in [0.25, 0.3) is 0 Å². The van der Waals surface area contributed by atoms with E-state index in [0.29, 0.717) is 5.69 Å². The van der Waals surface area contributed by atoms with Crippen molar-refractivity contribution in [2.75, 3.05) is 5.32 Å². The van der Waals surface area contributed by atoms with Crippen LogP contribution < -0.4 is 5.32 Å². The molecule has 2 rings (SSSR count). The first-order valence-electron chi connectivity index (χ1n) is 5.54. The van der Waals surface area contributed by atoms with Gasteiger partial charge in [0.2, 0.25) is 5.91 Å². The number of nitro groups is 1. The Morgan fingerprint density at radius 2 is 2.05 bits per heavy atom. The summed E-state index contributed by atoms with van der Waals surface area (Å²) in [6, 6.07) is 10.00. The first-order valence-corrected chi connectivity index (χ1v) is 6.62. The van der Waals surface area contributed by atoms with E-state index in [4.69, 9.17) is 4.42 Å². The summed E-state index contributed by atoms with van der Waals surface area (Å²) >= 11 is 2.11. The fraction of sp³-hybridized carbons (Fsp3) is 0. The summed E-state index contributed by atoms with van der Waals surface area (Å²) in [5, 5.41) is 13.1. The van der Waals surface area contributed by atoms with Crippen LogP contribution in [0, 0.1) is 13.7 Å². The molecule has 0 saturated heterocycles. The van der Waals surface area contributed by atoms with E-state index >= 15 is 0 Å². The average molecular weight is 384 g/mol. The zero-order valence-corrected chi connectivity index (χ0v) is 12.2. The maximum Gasteiger partial charge on any atom is 0.433 e. The van der Waals surface area contributed by atoms with Crippen LogP contribution in [0.15, 0.2) is 46.9 Å². The van der Waals surface area contributed by atoms with Gasteiger partial charge in [-0.25, -0.2) is 0 Å². The molecule has 102 valence electrons. The first kappa shape index (κ1) is 14.3. The third-order valence-electron chi connectivity index (χ3n) is 2.32. The van der Waals surface area contributed by atoms with Crippen LogP contribution in [0.3, 0.4) is 0 Å². The summed E-state index contributed by atoms with van der Waals surface area (Å²) < 4.78 is 5.82. The largest absolute Gasteiger partial charge is 0.433 e. The Hall–Kier alpha value is -2.16. The molecule has 0 aliphatic rings.